The molecule has 0 saturated carbocycles. The van der Waals surface area contributed by atoms with Gasteiger partial charge in [0, 0.05) is 12.2 Å². The molecule has 0 radical (unpaired) electrons. The van der Waals surface area contributed by atoms with Gasteiger partial charge < -0.3 is 14.6 Å². The second-order valence-electron chi connectivity index (χ2n) is 6.45. The molecule has 6 nitrogen and oxygen atoms in total. The molecule has 1 amide bonds. The first kappa shape index (κ1) is 19.9. The number of aryl methyl sites for hydroxylation is 2. The van der Waals surface area contributed by atoms with Gasteiger partial charge in [0.25, 0.3) is 0 Å². The lowest BCUT2D eigenvalue weighted by atomic mass is 10.2. The van der Waals surface area contributed by atoms with E-state index in [9.17, 15) is 4.79 Å². The van der Waals surface area contributed by atoms with E-state index >= 15 is 0 Å². The Kier molecular flexibility index (Phi) is 6.71. The molecular formula is C21H24N4O2S. The Balaban J connectivity index is 1.56. The average molecular weight is 397 g/mol. The van der Waals surface area contributed by atoms with Gasteiger partial charge in [-0.1, -0.05) is 47.2 Å². The smallest absolute Gasteiger partial charge is 0.234 e. The molecule has 2 aromatic carbocycles. The molecule has 28 heavy (non-hydrogen) atoms. The Morgan fingerprint density at radius 2 is 1.68 bits per heavy atom. The van der Waals surface area contributed by atoms with Crippen LogP contribution < -0.4 is 10.1 Å². The number of benzene rings is 2. The van der Waals surface area contributed by atoms with Crippen LogP contribution >= 0.6 is 11.8 Å². The topological polar surface area (TPSA) is 69.0 Å². The van der Waals surface area contributed by atoms with Crippen LogP contribution in [0.1, 0.15) is 23.9 Å². The number of nitrogens with one attached hydrogen (secondary N) is 1. The molecule has 0 spiro atoms. The predicted octanol–water partition coefficient (Wildman–Crippen LogP) is 4.22. The van der Waals surface area contributed by atoms with Crippen LogP contribution in [0.2, 0.25) is 0 Å². The highest BCUT2D eigenvalue weighted by molar-refractivity contribution is 7.99. The highest BCUT2D eigenvalue weighted by Crippen LogP contribution is 2.19. The fourth-order valence-electron chi connectivity index (χ4n) is 2.60. The van der Waals surface area contributed by atoms with E-state index in [-0.39, 0.29) is 11.7 Å². The van der Waals surface area contributed by atoms with Crippen LogP contribution in [-0.4, -0.2) is 26.4 Å². The molecule has 0 fully saturated rings. The molecule has 7 heteroatoms. The molecule has 0 bridgehead atoms. The van der Waals surface area contributed by atoms with Gasteiger partial charge in [-0.15, -0.1) is 10.2 Å². The lowest BCUT2D eigenvalue weighted by Crippen LogP contribution is -2.15. The molecule has 0 aliphatic rings. The van der Waals surface area contributed by atoms with E-state index in [4.69, 9.17) is 4.74 Å². The molecule has 1 N–H and O–H groups in total. The average Bonchev–Trinajstić information content (AvgIpc) is 3.09. The maximum Gasteiger partial charge on any atom is 0.234 e. The Morgan fingerprint density at radius 3 is 2.32 bits per heavy atom. The van der Waals surface area contributed by atoms with Crippen LogP contribution in [0.15, 0.2) is 53.7 Å². The normalized spacial score (nSPS) is 10.7. The van der Waals surface area contributed by atoms with Gasteiger partial charge in [0.05, 0.1) is 5.75 Å². The second-order valence-corrected chi connectivity index (χ2v) is 7.39. The van der Waals surface area contributed by atoms with E-state index in [1.807, 2.05) is 73.9 Å². The summed E-state index contributed by atoms with van der Waals surface area (Å²) < 4.78 is 7.78. The number of carbonyl (C=O) groups excluding carboxylic acids is 1. The summed E-state index contributed by atoms with van der Waals surface area (Å²) in [7, 11) is 0. The number of hydrogen-bond acceptors (Lipinski definition) is 5. The van der Waals surface area contributed by atoms with Crippen molar-refractivity contribution in [1.82, 2.24) is 14.8 Å². The molecule has 0 atom stereocenters. The predicted molar refractivity (Wildman–Crippen MR) is 112 cm³/mol. The molecule has 0 aliphatic carbocycles. The highest BCUT2D eigenvalue weighted by Gasteiger charge is 2.14. The first-order valence-electron chi connectivity index (χ1n) is 9.16. The van der Waals surface area contributed by atoms with Crippen molar-refractivity contribution >= 4 is 23.4 Å². The van der Waals surface area contributed by atoms with Gasteiger partial charge in [0.2, 0.25) is 5.91 Å². The third-order valence-corrected chi connectivity index (χ3v) is 5.13. The number of carbonyl (C=O) groups is 1. The number of rotatable bonds is 8. The number of thioether (sulfide) groups is 1. The van der Waals surface area contributed by atoms with Crippen molar-refractivity contribution in [1.29, 1.82) is 0 Å². The number of aromatic nitrogens is 3. The highest BCUT2D eigenvalue weighted by atomic mass is 32.2. The summed E-state index contributed by atoms with van der Waals surface area (Å²) >= 11 is 1.37. The Labute approximate surface area is 169 Å². The van der Waals surface area contributed by atoms with E-state index < -0.39 is 0 Å². The fraction of sp³-hybridized carbons (Fsp3) is 0.286. The summed E-state index contributed by atoms with van der Waals surface area (Å²) in [5.74, 6) is 1.73. The zero-order valence-electron chi connectivity index (χ0n) is 16.3. The van der Waals surface area contributed by atoms with Gasteiger partial charge in [-0.2, -0.15) is 0 Å². The van der Waals surface area contributed by atoms with Crippen molar-refractivity contribution in [3.63, 3.8) is 0 Å². The number of ether oxygens (including phenoxy) is 1. The quantitative estimate of drug-likeness (QED) is 0.577. The minimum absolute atomic E-state index is 0.0723. The Hall–Kier alpha value is -2.80. The fourth-order valence-corrected chi connectivity index (χ4v) is 3.42. The molecular weight excluding hydrogens is 372 g/mol. The monoisotopic (exact) mass is 396 g/mol. The molecule has 0 saturated heterocycles. The summed E-state index contributed by atoms with van der Waals surface area (Å²) in [4.78, 5) is 12.2. The van der Waals surface area contributed by atoms with Gasteiger partial charge >= 0.3 is 0 Å². The third kappa shape index (κ3) is 5.36. The third-order valence-electron chi connectivity index (χ3n) is 4.17. The van der Waals surface area contributed by atoms with Gasteiger partial charge in [0.1, 0.15) is 12.4 Å². The van der Waals surface area contributed by atoms with E-state index in [2.05, 4.69) is 15.5 Å². The van der Waals surface area contributed by atoms with Crippen LogP contribution in [0, 0.1) is 13.8 Å². The van der Waals surface area contributed by atoms with Crippen LogP contribution in [0.25, 0.3) is 0 Å². The molecule has 3 aromatic rings. The minimum Gasteiger partial charge on any atom is -0.486 e. The number of nitrogens with zero attached hydrogens (tertiary/aromatic N) is 3. The van der Waals surface area contributed by atoms with E-state index in [0.717, 1.165) is 22.8 Å². The molecule has 0 aliphatic heterocycles. The van der Waals surface area contributed by atoms with Gasteiger partial charge in [-0.25, -0.2) is 0 Å². The summed E-state index contributed by atoms with van der Waals surface area (Å²) in [6, 6.07) is 15.6. The molecule has 3 rings (SSSR count). The first-order valence-corrected chi connectivity index (χ1v) is 10.1. The summed E-state index contributed by atoms with van der Waals surface area (Å²) in [5.41, 5.74) is 3.14. The van der Waals surface area contributed by atoms with Crippen molar-refractivity contribution in [2.24, 2.45) is 0 Å². The lowest BCUT2D eigenvalue weighted by Gasteiger charge is -2.09. The van der Waals surface area contributed by atoms with E-state index in [1.165, 1.54) is 17.3 Å². The largest absolute Gasteiger partial charge is 0.486 e. The van der Waals surface area contributed by atoms with E-state index in [1.54, 1.807) is 0 Å². The van der Waals surface area contributed by atoms with Gasteiger partial charge in [-0.3, -0.25) is 4.79 Å². The van der Waals surface area contributed by atoms with Crippen molar-refractivity contribution in [3.8, 4) is 5.75 Å². The molecule has 1 aromatic heterocycles. The van der Waals surface area contributed by atoms with Crippen LogP contribution in [0.4, 0.5) is 5.69 Å². The standard InChI is InChI=1S/C21H24N4O2S/c1-4-25-19(13-27-18-11-7-16(3)8-12-18)23-24-21(25)28-14-20(26)22-17-9-5-15(2)6-10-17/h5-12H,4,13-14H2,1-3H3,(H,22,26). The van der Waals surface area contributed by atoms with Crippen LogP contribution in [-0.2, 0) is 17.9 Å². The summed E-state index contributed by atoms with van der Waals surface area (Å²) in [5, 5.41) is 12.1. The number of anilines is 1. The number of amides is 1. The Morgan fingerprint density at radius 1 is 1.04 bits per heavy atom. The molecule has 0 unspecified atom stereocenters. The maximum absolute atomic E-state index is 12.2. The lowest BCUT2D eigenvalue weighted by molar-refractivity contribution is -0.113. The molecule has 1 heterocycles. The van der Waals surface area contributed by atoms with Gasteiger partial charge in [0.15, 0.2) is 11.0 Å². The van der Waals surface area contributed by atoms with Crippen molar-refractivity contribution < 1.29 is 9.53 Å². The van der Waals surface area contributed by atoms with Crippen LogP contribution in [0.5, 0.6) is 5.75 Å². The minimum atomic E-state index is -0.0723. The first-order chi connectivity index (χ1) is 13.5. The maximum atomic E-state index is 12.2. The second kappa shape index (κ2) is 9.41. The van der Waals surface area contributed by atoms with Crippen molar-refractivity contribution in [3.05, 3.63) is 65.5 Å². The zero-order valence-corrected chi connectivity index (χ0v) is 17.1. The van der Waals surface area contributed by atoms with Gasteiger partial charge in [-0.05, 0) is 45.0 Å². The SMILES string of the molecule is CCn1c(COc2ccc(C)cc2)nnc1SCC(=O)Nc1ccc(C)cc1. The zero-order chi connectivity index (χ0) is 19.9. The van der Waals surface area contributed by atoms with Crippen LogP contribution in [0.3, 0.4) is 0 Å². The van der Waals surface area contributed by atoms with E-state index in [0.29, 0.717) is 18.3 Å². The molecule has 146 valence electrons. The summed E-state index contributed by atoms with van der Waals surface area (Å²) in [6.45, 7) is 7.12. The Bertz CT molecular complexity index is 921. The van der Waals surface area contributed by atoms with Crippen molar-refractivity contribution in [2.75, 3.05) is 11.1 Å². The van der Waals surface area contributed by atoms with Crippen molar-refractivity contribution in [2.45, 2.75) is 39.1 Å². The number of hydrogen-bond donors (Lipinski definition) is 1. The summed E-state index contributed by atoms with van der Waals surface area (Å²) in [6.07, 6.45) is 0.